The first-order valence-corrected chi connectivity index (χ1v) is 10.6. The van der Waals surface area contributed by atoms with Gasteiger partial charge in [0.2, 0.25) is 0 Å². The molecule has 2 heterocycles. The molecule has 0 spiro atoms. The summed E-state index contributed by atoms with van der Waals surface area (Å²) in [5.74, 6) is 2.03. The standard InChI is InChI=1S/C17H30N4OS2.HI/c1-5-18-16(19-11-15-13(3)21-14(4)24-15)20-12-17(23-6-2)7-9-22-10-8-17;/h5-12H2,1-4H3,(H2,18,19,20);1H. The molecule has 0 radical (unpaired) electrons. The molecule has 0 aliphatic carbocycles. The highest BCUT2D eigenvalue weighted by Gasteiger charge is 2.32. The Bertz CT molecular complexity index is 539. The normalized spacial score (nSPS) is 17.0. The van der Waals surface area contributed by atoms with Crippen LogP contribution in [-0.4, -0.2) is 47.7 Å². The van der Waals surface area contributed by atoms with Gasteiger partial charge in [-0.1, -0.05) is 6.92 Å². The summed E-state index contributed by atoms with van der Waals surface area (Å²) in [4.78, 5) is 10.5. The van der Waals surface area contributed by atoms with E-state index in [4.69, 9.17) is 9.73 Å². The van der Waals surface area contributed by atoms with E-state index in [2.05, 4.69) is 36.4 Å². The minimum atomic E-state index is 0. The number of thioether (sulfide) groups is 1. The highest BCUT2D eigenvalue weighted by molar-refractivity contribution is 14.0. The van der Waals surface area contributed by atoms with Crippen LogP contribution in [-0.2, 0) is 11.3 Å². The molecule has 2 rings (SSSR count). The van der Waals surface area contributed by atoms with Gasteiger partial charge in [-0.25, -0.2) is 9.98 Å². The lowest BCUT2D eigenvalue weighted by molar-refractivity contribution is 0.0782. The number of thiazole rings is 1. The third-order valence-electron chi connectivity index (χ3n) is 4.16. The SMILES string of the molecule is CCNC(=NCc1sc(C)nc1C)NCC1(SCC)CCOCC1.I. The van der Waals surface area contributed by atoms with Crippen molar-refractivity contribution in [3.05, 3.63) is 15.6 Å². The Morgan fingerprint density at radius 2 is 2.00 bits per heavy atom. The highest BCUT2D eigenvalue weighted by Crippen LogP contribution is 2.34. The maximum atomic E-state index is 5.55. The van der Waals surface area contributed by atoms with E-state index in [-0.39, 0.29) is 28.7 Å². The Balaban J connectivity index is 0.00000312. The zero-order valence-electron chi connectivity index (χ0n) is 15.7. The van der Waals surface area contributed by atoms with Crippen LogP contribution in [0.3, 0.4) is 0 Å². The van der Waals surface area contributed by atoms with Crippen molar-refractivity contribution in [3.63, 3.8) is 0 Å². The molecule has 1 aliphatic heterocycles. The molecule has 0 unspecified atom stereocenters. The number of ether oxygens (including phenoxy) is 1. The number of halogens is 1. The molecule has 144 valence electrons. The Kier molecular flexibility index (Phi) is 10.7. The Hall–Kier alpha value is -0.0600. The van der Waals surface area contributed by atoms with Crippen LogP contribution in [0.2, 0.25) is 0 Å². The zero-order chi connectivity index (χ0) is 17.4. The van der Waals surface area contributed by atoms with Gasteiger partial charge in [0, 0.05) is 35.9 Å². The van der Waals surface area contributed by atoms with Crippen LogP contribution < -0.4 is 10.6 Å². The summed E-state index contributed by atoms with van der Waals surface area (Å²) >= 11 is 3.78. The van der Waals surface area contributed by atoms with E-state index in [0.717, 1.165) is 61.6 Å². The number of aryl methyl sites for hydroxylation is 2. The third kappa shape index (κ3) is 7.22. The van der Waals surface area contributed by atoms with Crippen LogP contribution in [0.25, 0.3) is 0 Å². The minimum absolute atomic E-state index is 0. The van der Waals surface area contributed by atoms with Crippen molar-refractivity contribution >= 4 is 53.0 Å². The summed E-state index contributed by atoms with van der Waals surface area (Å²) < 4.78 is 5.82. The molecule has 0 aromatic carbocycles. The Morgan fingerprint density at radius 1 is 1.28 bits per heavy atom. The fourth-order valence-electron chi connectivity index (χ4n) is 2.88. The topological polar surface area (TPSA) is 58.5 Å². The minimum Gasteiger partial charge on any atom is -0.381 e. The van der Waals surface area contributed by atoms with Gasteiger partial charge in [-0.05, 0) is 39.4 Å². The Morgan fingerprint density at radius 3 is 2.56 bits per heavy atom. The molecule has 1 saturated heterocycles. The average molecular weight is 499 g/mol. The quantitative estimate of drug-likeness (QED) is 0.341. The summed E-state index contributed by atoms with van der Waals surface area (Å²) in [7, 11) is 0. The smallest absolute Gasteiger partial charge is 0.191 e. The second kappa shape index (κ2) is 11.6. The lowest BCUT2D eigenvalue weighted by Gasteiger charge is -2.37. The number of aliphatic imine (C=N–C) groups is 1. The Labute approximate surface area is 177 Å². The van der Waals surface area contributed by atoms with Gasteiger partial charge in [0.25, 0.3) is 0 Å². The molecule has 0 atom stereocenters. The lowest BCUT2D eigenvalue weighted by atomic mass is 9.99. The van der Waals surface area contributed by atoms with Crippen molar-refractivity contribution in [1.29, 1.82) is 0 Å². The molecule has 1 aliphatic rings. The molecule has 0 bridgehead atoms. The molecule has 25 heavy (non-hydrogen) atoms. The molecule has 2 N–H and O–H groups in total. The van der Waals surface area contributed by atoms with E-state index < -0.39 is 0 Å². The van der Waals surface area contributed by atoms with Crippen LogP contribution in [0.5, 0.6) is 0 Å². The number of nitrogens with zero attached hydrogens (tertiary/aromatic N) is 2. The first-order valence-electron chi connectivity index (χ1n) is 8.75. The van der Waals surface area contributed by atoms with E-state index in [9.17, 15) is 0 Å². The molecular formula is C17H31IN4OS2. The summed E-state index contributed by atoms with van der Waals surface area (Å²) in [6.07, 6.45) is 2.20. The van der Waals surface area contributed by atoms with Gasteiger partial charge in [0.15, 0.2) is 5.96 Å². The monoisotopic (exact) mass is 498 g/mol. The van der Waals surface area contributed by atoms with Gasteiger partial charge in [-0.2, -0.15) is 11.8 Å². The first kappa shape index (κ1) is 23.0. The highest BCUT2D eigenvalue weighted by atomic mass is 127. The maximum Gasteiger partial charge on any atom is 0.191 e. The summed E-state index contributed by atoms with van der Waals surface area (Å²) in [5.41, 5.74) is 1.10. The van der Waals surface area contributed by atoms with Gasteiger partial charge in [-0.3, -0.25) is 0 Å². The average Bonchev–Trinajstić information content (AvgIpc) is 2.89. The predicted octanol–water partition coefficient (Wildman–Crippen LogP) is 3.74. The van der Waals surface area contributed by atoms with E-state index in [1.807, 2.05) is 18.7 Å². The van der Waals surface area contributed by atoms with Crippen LogP contribution in [0.1, 0.15) is 42.3 Å². The number of guanidine groups is 1. The fourth-order valence-corrected chi connectivity index (χ4v) is 4.98. The largest absolute Gasteiger partial charge is 0.381 e. The summed E-state index contributed by atoms with van der Waals surface area (Å²) in [5, 5.41) is 8.03. The second-order valence-corrected chi connectivity index (χ2v) is 9.04. The van der Waals surface area contributed by atoms with E-state index in [1.54, 1.807) is 11.3 Å². The van der Waals surface area contributed by atoms with Gasteiger partial charge in [0.05, 0.1) is 17.2 Å². The van der Waals surface area contributed by atoms with Crippen molar-refractivity contribution in [2.24, 2.45) is 4.99 Å². The van der Waals surface area contributed by atoms with Crippen molar-refractivity contribution in [1.82, 2.24) is 15.6 Å². The van der Waals surface area contributed by atoms with Crippen molar-refractivity contribution < 1.29 is 4.74 Å². The number of hydrogen-bond acceptors (Lipinski definition) is 5. The van der Waals surface area contributed by atoms with Gasteiger partial charge < -0.3 is 15.4 Å². The van der Waals surface area contributed by atoms with Crippen LogP contribution in [0.15, 0.2) is 4.99 Å². The molecule has 0 saturated carbocycles. The van der Waals surface area contributed by atoms with E-state index >= 15 is 0 Å². The number of aromatic nitrogens is 1. The first-order chi connectivity index (χ1) is 11.6. The molecule has 1 fully saturated rings. The molecule has 1 aromatic rings. The van der Waals surface area contributed by atoms with Crippen molar-refractivity contribution in [2.75, 3.05) is 32.1 Å². The van der Waals surface area contributed by atoms with Crippen LogP contribution in [0, 0.1) is 13.8 Å². The number of hydrogen-bond donors (Lipinski definition) is 2. The van der Waals surface area contributed by atoms with Gasteiger partial charge in [0.1, 0.15) is 0 Å². The molecular weight excluding hydrogens is 467 g/mol. The summed E-state index contributed by atoms with van der Waals surface area (Å²) in [6, 6.07) is 0. The molecule has 1 aromatic heterocycles. The predicted molar refractivity (Wildman–Crippen MR) is 121 cm³/mol. The zero-order valence-corrected chi connectivity index (χ0v) is 19.6. The fraction of sp³-hybridized carbons (Fsp3) is 0.765. The maximum absolute atomic E-state index is 5.55. The van der Waals surface area contributed by atoms with Crippen LogP contribution >= 0.6 is 47.1 Å². The molecule has 0 amide bonds. The molecule has 8 heteroatoms. The lowest BCUT2D eigenvalue weighted by Crippen LogP contribution is -2.48. The van der Waals surface area contributed by atoms with Crippen LogP contribution in [0.4, 0.5) is 0 Å². The second-order valence-electron chi connectivity index (χ2n) is 6.02. The number of rotatable bonds is 7. The third-order valence-corrected chi connectivity index (χ3v) is 6.67. The van der Waals surface area contributed by atoms with Crippen molar-refractivity contribution in [2.45, 2.75) is 51.8 Å². The summed E-state index contributed by atoms with van der Waals surface area (Å²) in [6.45, 7) is 12.6. The van der Waals surface area contributed by atoms with Crippen molar-refractivity contribution in [3.8, 4) is 0 Å². The van der Waals surface area contributed by atoms with Gasteiger partial charge >= 0.3 is 0 Å². The van der Waals surface area contributed by atoms with Gasteiger partial charge in [-0.15, -0.1) is 35.3 Å². The van der Waals surface area contributed by atoms with E-state index in [1.165, 1.54) is 4.88 Å². The molecule has 5 nitrogen and oxygen atoms in total. The van der Waals surface area contributed by atoms with E-state index in [0.29, 0.717) is 6.54 Å². The number of nitrogens with one attached hydrogen (secondary N) is 2.